The molecule has 0 saturated carbocycles. The predicted octanol–water partition coefficient (Wildman–Crippen LogP) is 2.51. The summed E-state index contributed by atoms with van der Waals surface area (Å²) in [7, 11) is 0. The summed E-state index contributed by atoms with van der Waals surface area (Å²) in [5.74, 6) is -2.40. The van der Waals surface area contributed by atoms with Crippen LogP contribution in [0.2, 0.25) is 0 Å². The lowest BCUT2D eigenvalue weighted by atomic mass is 10.1. The van der Waals surface area contributed by atoms with Gasteiger partial charge < -0.3 is 5.11 Å². The lowest BCUT2D eigenvalue weighted by molar-refractivity contribution is -0.141. The zero-order chi connectivity index (χ0) is 13.7. The Bertz CT molecular complexity index is 423. The fraction of sp³-hybridized carbons (Fsp3) is 0.462. The maximum atomic E-state index is 13.5. The Labute approximate surface area is 105 Å². The molecule has 0 bridgehead atoms. The minimum Gasteiger partial charge on any atom is -0.481 e. The van der Waals surface area contributed by atoms with Crippen molar-refractivity contribution in [3.05, 3.63) is 35.4 Å². The number of carboxylic acids is 1. The molecule has 0 saturated heterocycles. The minimum absolute atomic E-state index is 0.206. The number of aliphatic carboxylic acids is 1. The fourth-order valence-corrected chi connectivity index (χ4v) is 1.68. The molecule has 100 valence electrons. The Balaban J connectivity index is 2.73. The van der Waals surface area contributed by atoms with Crippen LogP contribution in [0.3, 0.4) is 0 Å². The topological polar surface area (TPSA) is 40.5 Å². The monoisotopic (exact) mass is 257 g/mol. The van der Waals surface area contributed by atoms with Crippen molar-refractivity contribution in [1.82, 2.24) is 4.90 Å². The number of rotatable bonds is 6. The van der Waals surface area contributed by atoms with Crippen LogP contribution in [0.5, 0.6) is 0 Å². The first-order chi connectivity index (χ1) is 8.43. The SMILES string of the molecule is CCN(Cc1cc(F)ccc1F)CC(C)C(=O)O. The number of carboxylic acid groups (broad SMARTS) is 1. The van der Waals surface area contributed by atoms with Crippen molar-refractivity contribution >= 4 is 5.97 Å². The second-order valence-corrected chi connectivity index (χ2v) is 4.30. The Kier molecular flexibility index (Phi) is 5.22. The van der Waals surface area contributed by atoms with Crippen LogP contribution in [-0.2, 0) is 11.3 Å². The molecule has 1 aromatic carbocycles. The van der Waals surface area contributed by atoms with E-state index in [1.807, 2.05) is 6.92 Å². The Morgan fingerprint density at radius 2 is 2.11 bits per heavy atom. The summed E-state index contributed by atoms with van der Waals surface area (Å²) < 4.78 is 26.5. The number of nitrogens with zero attached hydrogens (tertiary/aromatic N) is 1. The number of hydrogen-bond acceptors (Lipinski definition) is 2. The molecule has 3 nitrogen and oxygen atoms in total. The molecule has 0 aliphatic carbocycles. The molecule has 0 fully saturated rings. The quantitative estimate of drug-likeness (QED) is 0.851. The van der Waals surface area contributed by atoms with Gasteiger partial charge in [-0.15, -0.1) is 0 Å². The van der Waals surface area contributed by atoms with E-state index in [2.05, 4.69) is 0 Å². The number of halogens is 2. The Morgan fingerprint density at radius 3 is 2.67 bits per heavy atom. The van der Waals surface area contributed by atoms with E-state index in [1.54, 1.807) is 11.8 Å². The standard InChI is InChI=1S/C13H17F2NO2/c1-3-16(7-9(2)13(17)18)8-10-6-11(14)4-5-12(10)15/h4-6,9H,3,7-8H2,1-2H3,(H,17,18). The first-order valence-electron chi connectivity index (χ1n) is 5.83. The van der Waals surface area contributed by atoms with Crippen molar-refractivity contribution in [3.63, 3.8) is 0 Å². The van der Waals surface area contributed by atoms with Crippen LogP contribution >= 0.6 is 0 Å². The highest BCUT2D eigenvalue weighted by Gasteiger charge is 2.16. The van der Waals surface area contributed by atoms with Gasteiger partial charge in [0.05, 0.1) is 5.92 Å². The van der Waals surface area contributed by atoms with Crippen LogP contribution in [0.15, 0.2) is 18.2 Å². The number of carbonyl (C=O) groups is 1. The normalized spacial score (nSPS) is 12.7. The van der Waals surface area contributed by atoms with Gasteiger partial charge in [0.2, 0.25) is 0 Å². The average Bonchev–Trinajstić information content (AvgIpc) is 2.32. The second-order valence-electron chi connectivity index (χ2n) is 4.30. The number of benzene rings is 1. The largest absolute Gasteiger partial charge is 0.481 e. The summed E-state index contributed by atoms with van der Waals surface area (Å²) in [6.45, 7) is 4.53. The molecule has 1 aromatic rings. The van der Waals surface area contributed by atoms with E-state index in [1.165, 1.54) is 0 Å². The van der Waals surface area contributed by atoms with E-state index >= 15 is 0 Å². The zero-order valence-electron chi connectivity index (χ0n) is 10.5. The maximum Gasteiger partial charge on any atom is 0.307 e. The first kappa shape index (κ1) is 14.6. The maximum absolute atomic E-state index is 13.5. The van der Waals surface area contributed by atoms with Crippen LogP contribution in [-0.4, -0.2) is 29.1 Å². The zero-order valence-corrected chi connectivity index (χ0v) is 10.5. The van der Waals surface area contributed by atoms with Crippen LogP contribution < -0.4 is 0 Å². The van der Waals surface area contributed by atoms with E-state index in [0.717, 1.165) is 18.2 Å². The third-order valence-electron chi connectivity index (χ3n) is 2.80. The van der Waals surface area contributed by atoms with Gasteiger partial charge in [0.15, 0.2) is 0 Å². The van der Waals surface area contributed by atoms with Crippen molar-refractivity contribution in [2.45, 2.75) is 20.4 Å². The van der Waals surface area contributed by atoms with Crippen LogP contribution in [0, 0.1) is 17.6 Å². The van der Waals surface area contributed by atoms with Gasteiger partial charge in [-0.05, 0) is 24.7 Å². The van der Waals surface area contributed by atoms with Crippen molar-refractivity contribution in [2.24, 2.45) is 5.92 Å². The molecule has 0 amide bonds. The molecule has 0 aliphatic rings. The third kappa shape index (κ3) is 4.07. The molecule has 18 heavy (non-hydrogen) atoms. The summed E-state index contributed by atoms with van der Waals surface area (Å²) in [5.41, 5.74) is 0.245. The average molecular weight is 257 g/mol. The van der Waals surface area contributed by atoms with Crippen LogP contribution in [0.1, 0.15) is 19.4 Å². The van der Waals surface area contributed by atoms with E-state index in [-0.39, 0.29) is 12.1 Å². The van der Waals surface area contributed by atoms with E-state index in [4.69, 9.17) is 5.11 Å². The van der Waals surface area contributed by atoms with Gasteiger partial charge in [-0.2, -0.15) is 0 Å². The van der Waals surface area contributed by atoms with Crippen molar-refractivity contribution in [3.8, 4) is 0 Å². The van der Waals surface area contributed by atoms with Crippen LogP contribution in [0.4, 0.5) is 8.78 Å². The molecule has 1 unspecified atom stereocenters. The van der Waals surface area contributed by atoms with Gasteiger partial charge in [-0.25, -0.2) is 8.78 Å². The van der Waals surface area contributed by atoms with E-state index in [9.17, 15) is 13.6 Å². The number of hydrogen-bond donors (Lipinski definition) is 1. The molecule has 0 radical (unpaired) electrons. The predicted molar refractivity (Wildman–Crippen MR) is 64.1 cm³/mol. The highest BCUT2D eigenvalue weighted by atomic mass is 19.1. The Hall–Kier alpha value is -1.49. The molecule has 1 N–H and O–H groups in total. The van der Waals surface area contributed by atoms with E-state index < -0.39 is 23.5 Å². The smallest absolute Gasteiger partial charge is 0.307 e. The van der Waals surface area contributed by atoms with Gasteiger partial charge in [0.1, 0.15) is 11.6 Å². The summed E-state index contributed by atoms with van der Waals surface area (Å²) >= 11 is 0. The summed E-state index contributed by atoms with van der Waals surface area (Å²) in [5, 5.41) is 8.83. The highest BCUT2D eigenvalue weighted by molar-refractivity contribution is 5.69. The third-order valence-corrected chi connectivity index (χ3v) is 2.80. The van der Waals surface area contributed by atoms with Gasteiger partial charge >= 0.3 is 5.97 Å². The molecule has 0 aliphatic heterocycles. The molecule has 0 spiro atoms. The van der Waals surface area contributed by atoms with Gasteiger partial charge in [0.25, 0.3) is 0 Å². The molecular formula is C13H17F2NO2. The first-order valence-corrected chi connectivity index (χ1v) is 5.83. The van der Waals surface area contributed by atoms with E-state index in [0.29, 0.717) is 13.1 Å². The van der Waals surface area contributed by atoms with Crippen molar-refractivity contribution < 1.29 is 18.7 Å². The second kappa shape index (κ2) is 6.44. The highest BCUT2D eigenvalue weighted by Crippen LogP contribution is 2.13. The van der Waals surface area contributed by atoms with Gasteiger partial charge in [0, 0.05) is 18.7 Å². The van der Waals surface area contributed by atoms with Gasteiger partial charge in [-0.1, -0.05) is 13.8 Å². The summed E-state index contributed by atoms with van der Waals surface area (Å²) in [6, 6.07) is 3.29. The van der Waals surface area contributed by atoms with Crippen LogP contribution in [0.25, 0.3) is 0 Å². The van der Waals surface area contributed by atoms with Crippen molar-refractivity contribution in [2.75, 3.05) is 13.1 Å². The summed E-state index contributed by atoms with van der Waals surface area (Å²) in [6.07, 6.45) is 0. The molecule has 0 aromatic heterocycles. The minimum atomic E-state index is -0.895. The lowest BCUT2D eigenvalue weighted by Crippen LogP contribution is -2.31. The fourth-order valence-electron chi connectivity index (χ4n) is 1.68. The Morgan fingerprint density at radius 1 is 1.44 bits per heavy atom. The molecule has 1 rings (SSSR count). The summed E-state index contributed by atoms with van der Waals surface area (Å²) in [4.78, 5) is 12.5. The van der Waals surface area contributed by atoms with Gasteiger partial charge in [-0.3, -0.25) is 9.69 Å². The molecule has 1 atom stereocenters. The molecule has 0 heterocycles. The lowest BCUT2D eigenvalue weighted by Gasteiger charge is -2.22. The molecule has 5 heteroatoms. The molecular weight excluding hydrogens is 240 g/mol. The van der Waals surface area contributed by atoms with Crippen molar-refractivity contribution in [1.29, 1.82) is 0 Å².